The van der Waals surface area contributed by atoms with Gasteiger partial charge in [0.1, 0.15) is 6.61 Å². The summed E-state index contributed by atoms with van der Waals surface area (Å²) in [5, 5.41) is 3.29. The van der Waals surface area contributed by atoms with Crippen molar-refractivity contribution in [2.24, 2.45) is 0 Å². The van der Waals surface area contributed by atoms with Crippen LogP contribution < -0.4 is 14.8 Å². The zero-order chi connectivity index (χ0) is 9.43. The number of hydrogen-bond donors (Lipinski definition) is 1. The van der Waals surface area contributed by atoms with Crippen LogP contribution in [-0.2, 0) is 0 Å². The normalized spacial score (nSPS) is 29.4. The Labute approximate surface area is 82.2 Å². The lowest BCUT2D eigenvalue weighted by molar-refractivity contribution is 0.00421. The number of nitrogens with one attached hydrogen (secondary N) is 1. The minimum Gasteiger partial charge on any atom is -0.477 e. The number of fused-ring (bicyclic) bond motifs is 1. The summed E-state index contributed by atoms with van der Waals surface area (Å²) >= 11 is 0. The zero-order valence-electron chi connectivity index (χ0n) is 7.82. The Kier molecular flexibility index (Phi) is 1.64. The van der Waals surface area contributed by atoms with Crippen LogP contribution in [0, 0.1) is 0 Å². The van der Waals surface area contributed by atoms with Gasteiger partial charge in [-0.2, -0.15) is 0 Å². The van der Waals surface area contributed by atoms with Gasteiger partial charge in [-0.1, -0.05) is 0 Å². The molecule has 0 saturated carbocycles. The van der Waals surface area contributed by atoms with E-state index in [1.807, 2.05) is 12.1 Å². The fourth-order valence-corrected chi connectivity index (χ4v) is 1.96. The fourth-order valence-electron chi connectivity index (χ4n) is 1.96. The van der Waals surface area contributed by atoms with E-state index < -0.39 is 0 Å². The predicted octanol–water partition coefficient (Wildman–Crippen LogP) is 0.585. The summed E-state index contributed by atoms with van der Waals surface area (Å²) in [4.78, 5) is 4.11. The molecule has 0 amide bonds. The lowest BCUT2D eigenvalue weighted by Crippen LogP contribution is -2.46. The topological polar surface area (TPSA) is 43.4 Å². The smallest absolute Gasteiger partial charge is 0.257 e. The first-order valence-corrected chi connectivity index (χ1v) is 4.86. The van der Waals surface area contributed by atoms with Gasteiger partial charge in [0.25, 0.3) is 5.88 Å². The molecule has 0 radical (unpaired) electrons. The third-order valence-corrected chi connectivity index (χ3v) is 2.74. The summed E-state index contributed by atoms with van der Waals surface area (Å²) in [5.74, 6) is 1.38. The van der Waals surface area contributed by atoms with Crippen molar-refractivity contribution in [1.29, 1.82) is 0 Å². The number of hydrogen-bond acceptors (Lipinski definition) is 4. The molecule has 14 heavy (non-hydrogen) atoms. The lowest BCUT2D eigenvalue weighted by Gasteiger charge is -2.33. The van der Waals surface area contributed by atoms with Crippen molar-refractivity contribution in [1.82, 2.24) is 10.3 Å². The molecule has 3 rings (SSSR count). The highest BCUT2D eigenvalue weighted by atomic mass is 16.6. The minimum absolute atomic E-state index is 0.157. The molecule has 4 heteroatoms. The standard InChI is InChI=1S/C10H12N2O2/c1-2-8-9(12-4-1)13-7-10(14-8)3-5-11-6-10/h1-2,4,11H,3,5-7H2. The number of rotatable bonds is 0. The Morgan fingerprint density at radius 1 is 1.50 bits per heavy atom. The van der Waals surface area contributed by atoms with E-state index in [0.29, 0.717) is 12.5 Å². The van der Waals surface area contributed by atoms with Crippen molar-refractivity contribution < 1.29 is 9.47 Å². The molecule has 2 aliphatic heterocycles. The third kappa shape index (κ3) is 1.14. The van der Waals surface area contributed by atoms with Gasteiger partial charge in [0.2, 0.25) is 0 Å². The molecule has 1 aromatic heterocycles. The quantitative estimate of drug-likeness (QED) is 0.653. The van der Waals surface area contributed by atoms with Crippen LogP contribution in [0.4, 0.5) is 0 Å². The molecule has 2 aliphatic rings. The van der Waals surface area contributed by atoms with Crippen LogP contribution in [0.5, 0.6) is 11.6 Å². The van der Waals surface area contributed by atoms with Gasteiger partial charge in [-0.25, -0.2) is 4.98 Å². The number of aromatic nitrogens is 1. The Bertz CT molecular complexity index is 348. The van der Waals surface area contributed by atoms with Crippen molar-refractivity contribution >= 4 is 0 Å². The largest absolute Gasteiger partial charge is 0.477 e. The van der Waals surface area contributed by atoms with Crippen LogP contribution >= 0.6 is 0 Å². The molecule has 1 spiro atoms. The maximum absolute atomic E-state index is 5.93. The summed E-state index contributed by atoms with van der Waals surface area (Å²) < 4.78 is 11.5. The molecule has 4 nitrogen and oxygen atoms in total. The first-order valence-electron chi connectivity index (χ1n) is 4.86. The Morgan fingerprint density at radius 2 is 2.50 bits per heavy atom. The third-order valence-electron chi connectivity index (χ3n) is 2.74. The van der Waals surface area contributed by atoms with Crippen LogP contribution in [0.2, 0.25) is 0 Å². The first kappa shape index (κ1) is 8.05. The van der Waals surface area contributed by atoms with Crippen molar-refractivity contribution in [2.45, 2.75) is 12.0 Å². The molecule has 1 aromatic rings. The molecule has 1 atom stereocenters. The van der Waals surface area contributed by atoms with Gasteiger partial charge in [-0.3, -0.25) is 0 Å². The monoisotopic (exact) mass is 192 g/mol. The van der Waals surface area contributed by atoms with E-state index in [0.717, 1.165) is 25.3 Å². The second-order valence-corrected chi connectivity index (χ2v) is 3.81. The molecule has 0 aliphatic carbocycles. The van der Waals surface area contributed by atoms with Gasteiger partial charge < -0.3 is 14.8 Å². The number of pyridine rings is 1. The maximum Gasteiger partial charge on any atom is 0.257 e. The first-order chi connectivity index (χ1) is 6.88. The van der Waals surface area contributed by atoms with E-state index >= 15 is 0 Å². The molecule has 1 fully saturated rings. The van der Waals surface area contributed by atoms with Gasteiger partial charge in [-0.05, 0) is 18.7 Å². The van der Waals surface area contributed by atoms with E-state index in [9.17, 15) is 0 Å². The maximum atomic E-state index is 5.93. The zero-order valence-corrected chi connectivity index (χ0v) is 7.82. The van der Waals surface area contributed by atoms with Gasteiger partial charge >= 0.3 is 0 Å². The molecule has 74 valence electrons. The molecular formula is C10H12N2O2. The second-order valence-electron chi connectivity index (χ2n) is 3.81. The van der Waals surface area contributed by atoms with Crippen molar-refractivity contribution in [3.63, 3.8) is 0 Å². The van der Waals surface area contributed by atoms with Crippen LogP contribution in [0.1, 0.15) is 6.42 Å². The van der Waals surface area contributed by atoms with Gasteiger partial charge in [0, 0.05) is 19.2 Å². The van der Waals surface area contributed by atoms with Crippen LogP contribution in [0.25, 0.3) is 0 Å². The fraction of sp³-hybridized carbons (Fsp3) is 0.500. The van der Waals surface area contributed by atoms with E-state index in [2.05, 4.69) is 10.3 Å². The highest BCUT2D eigenvalue weighted by Gasteiger charge is 2.40. The summed E-state index contributed by atoms with van der Waals surface area (Å²) in [6, 6.07) is 3.77. The highest BCUT2D eigenvalue weighted by molar-refractivity contribution is 5.35. The Hall–Kier alpha value is -1.29. The molecular weight excluding hydrogens is 180 g/mol. The van der Waals surface area contributed by atoms with Crippen molar-refractivity contribution in [3.8, 4) is 11.6 Å². The van der Waals surface area contributed by atoms with Crippen molar-refractivity contribution in [3.05, 3.63) is 18.3 Å². The molecule has 0 aromatic carbocycles. The summed E-state index contributed by atoms with van der Waals surface area (Å²) in [5.41, 5.74) is -0.157. The average Bonchev–Trinajstić information content (AvgIpc) is 2.66. The average molecular weight is 192 g/mol. The molecule has 1 N–H and O–H groups in total. The number of nitrogens with zero attached hydrogens (tertiary/aromatic N) is 1. The highest BCUT2D eigenvalue weighted by Crippen LogP contribution is 2.35. The molecule has 1 unspecified atom stereocenters. The molecule has 1 saturated heterocycles. The van der Waals surface area contributed by atoms with E-state index in [1.54, 1.807) is 6.20 Å². The van der Waals surface area contributed by atoms with E-state index in [-0.39, 0.29) is 5.60 Å². The molecule has 0 bridgehead atoms. The minimum atomic E-state index is -0.157. The summed E-state index contributed by atoms with van der Waals surface area (Å²) in [6.45, 7) is 2.46. The van der Waals surface area contributed by atoms with E-state index in [1.165, 1.54) is 0 Å². The Balaban J connectivity index is 1.92. The Morgan fingerprint density at radius 3 is 3.36 bits per heavy atom. The van der Waals surface area contributed by atoms with Crippen LogP contribution in [-0.4, -0.2) is 30.3 Å². The van der Waals surface area contributed by atoms with E-state index in [4.69, 9.17) is 9.47 Å². The van der Waals surface area contributed by atoms with Gasteiger partial charge in [0.15, 0.2) is 11.4 Å². The lowest BCUT2D eigenvalue weighted by atomic mass is 10.0. The van der Waals surface area contributed by atoms with Crippen LogP contribution in [0.3, 0.4) is 0 Å². The van der Waals surface area contributed by atoms with Crippen molar-refractivity contribution in [2.75, 3.05) is 19.7 Å². The summed E-state index contributed by atoms with van der Waals surface area (Å²) in [6.07, 6.45) is 2.72. The van der Waals surface area contributed by atoms with Crippen LogP contribution in [0.15, 0.2) is 18.3 Å². The summed E-state index contributed by atoms with van der Waals surface area (Å²) in [7, 11) is 0. The molecule has 3 heterocycles. The van der Waals surface area contributed by atoms with Gasteiger partial charge in [0.05, 0.1) is 0 Å². The van der Waals surface area contributed by atoms with Gasteiger partial charge in [-0.15, -0.1) is 0 Å². The number of ether oxygens (including phenoxy) is 2. The predicted molar refractivity (Wildman–Crippen MR) is 50.6 cm³/mol. The second kappa shape index (κ2) is 2.85. The SMILES string of the molecule is c1cnc2c(c1)OC1(CCNC1)CO2.